The number of oxazole rings is 1. The fourth-order valence-corrected chi connectivity index (χ4v) is 3.47. The maximum atomic E-state index is 12.0. The minimum absolute atomic E-state index is 0.0318. The number of carbonyl (C=O) groups is 1. The zero-order valence-corrected chi connectivity index (χ0v) is 19.3. The Morgan fingerprint density at radius 3 is 2.62 bits per heavy atom. The standard InChI is InChI=1S/C23H34N6O3/c1-4-24-23(29-12-10-28(11-13-29)17-21(30)25-9-14-31-3)27-16-22-26-15-20(32-22)19-7-5-18(2)6-8-19/h5-8,15H,4,9-14,16-17H2,1-3H3,(H,24,27)(H,25,30). The lowest BCUT2D eigenvalue weighted by molar-refractivity contribution is -0.122. The molecule has 9 heteroatoms. The molecule has 9 nitrogen and oxygen atoms in total. The molecule has 0 atom stereocenters. The summed E-state index contributed by atoms with van der Waals surface area (Å²) in [5.41, 5.74) is 2.22. The number of piperazine rings is 1. The molecule has 0 saturated carbocycles. The number of amides is 1. The molecule has 3 rings (SSSR count). The fraction of sp³-hybridized carbons (Fsp3) is 0.522. The van der Waals surface area contributed by atoms with E-state index in [1.807, 2.05) is 12.1 Å². The molecule has 2 heterocycles. The third-order valence-corrected chi connectivity index (χ3v) is 5.26. The molecule has 2 N–H and O–H groups in total. The molecule has 0 bridgehead atoms. The molecule has 1 fully saturated rings. The van der Waals surface area contributed by atoms with Crippen molar-refractivity contribution < 1.29 is 13.9 Å². The molecule has 0 unspecified atom stereocenters. The lowest BCUT2D eigenvalue weighted by Crippen LogP contribution is -2.54. The van der Waals surface area contributed by atoms with E-state index in [0.29, 0.717) is 32.1 Å². The van der Waals surface area contributed by atoms with Gasteiger partial charge in [-0.1, -0.05) is 29.8 Å². The van der Waals surface area contributed by atoms with E-state index in [1.165, 1.54) is 5.56 Å². The minimum atomic E-state index is 0.0318. The number of aromatic nitrogens is 1. The fourth-order valence-electron chi connectivity index (χ4n) is 3.47. The molecule has 1 amide bonds. The highest BCUT2D eigenvalue weighted by atomic mass is 16.5. The Bertz CT molecular complexity index is 872. The van der Waals surface area contributed by atoms with Crippen LogP contribution < -0.4 is 10.6 Å². The van der Waals surface area contributed by atoms with Gasteiger partial charge in [-0.25, -0.2) is 9.98 Å². The van der Waals surface area contributed by atoms with Crippen molar-refractivity contribution in [2.75, 3.05) is 59.5 Å². The monoisotopic (exact) mass is 442 g/mol. The Balaban J connectivity index is 1.52. The summed E-state index contributed by atoms with van der Waals surface area (Å²) in [7, 11) is 1.62. The lowest BCUT2D eigenvalue weighted by atomic mass is 10.1. The third-order valence-electron chi connectivity index (χ3n) is 5.26. The first-order chi connectivity index (χ1) is 15.6. The molecular weight excluding hydrogens is 408 g/mol. The van der Waals surface area contributed by atoms with E-state index < -0.39 is 0 Å². The SMILES string of the molecule is CCNC(=NCc1ncc(-c2ccc(C)cc2)o1)N1CCN(CC(=O)NCCOC)CC1. The van der Waals surface area contributed by atoms with Crippen LogP contribution in [0.2, 0.25) is 0 Å². The van der Waals surface area contributed by atoms with Gasteiger partial charge in [0, 0.05) is 51.9 Å². The molecule has 1 aliphatic rings. The maximum absolute atomic E-state index is 12.0. The largest absolute Gasteiger partial charge is 0.439 e. The number of ether oxygens (including phenoxy) is 1. The first-order valence-corrected chi connectivity index (χ1v) is 11.1. The van der Waals surface area contributed by atoms with Gasteiger partial charge in [0.2, 0.25) is 11.8 Å². The van der Waals surface area contributed by atoms with Crippen molar-refractivity contribution in [3.63, 3.8) is 0 Å². The molecule has 174 valence electrons. The molecule has 0 aliphatic carbocycles. The molecule has 1 aliphatic heterocycles. The second kappa shape index (κ2) is 12.2. The van der Waals surface area contributed by atoms with E-state index in [-0.39, 0.29) is 5.91 Å². The van der Waals surface area contributed by atoms with Crippen molar-refractivity contribution in [1.82, 2.24) is 25.4 Å². The zero-order valence-electron chi connectivity index (χ0n) is 19.3. The Hall–Kier alpha value is -2.91. The van der Waals surface area contributed by atoms with Crippen molar-refractivity contribution in [3.05, 3.63) is 41.9 Å². The lowest BCUT2D eigenvalue weighted by Gasteiger charge is -2.36. The highest BCUT2D eigenvalue weighted by Crippen LogP contribution is 2.21. The number of nitrogens with zero attached hydrogens (tertiary/aromatic N) is 4. The van der Waals surface area contributed by atoms with Crippen molar-refractivity contribution in [1.29, 1.82) is 0 Å². The molecule has 1 aromatic carbocycles. The molecule has 2 aromatic rings. The van der Waals surface area contributed by atoms with Gasteiger partial charge in [-0.05, 0) is 13.8 Å². The van der Waals surface area contributed by atoms with Gasteiger partial charge < -0.3 is 24.7 Å². The first kappa shape index (κ1) is 23.7. The van der Waals surface area contributed by atoms with Crippen LogP contribution in [-0.4, -0.2) is 86.2 Å². The summed E-state index contributed by atoms with van der Waals surface area (Å²) in [6.07, 6.45) is 1.75. The summed E-state index contributed by atoms with van der Waals surface area (Å²) in [6.45, 7) is 9.95. The second-order valence-electron chi connectivity index (χ2n) is 7.76. The highest BCUT2D eigenvalue weighted by Gasteiger charge is 2.21. The van der Waals surface area contributed by atoms with Gasteiger partial charge in [0.15, 0.2) is 11.7 Å². The van der Waals surface area contributed by atoms with E-state index in [4.69, 9.17) is 14.1 Å². The van der Waals surface area contributed by atoms with E-state index >= 15 is 0 Å². The van der Waals surface area contributed by atoms with E-state index in [2.05, 4.69) is 51.4 Å². The topological polar surface area (TPSA) is 95.2 Å². The third kappa shape index (κ3) is 7.06. The van der Waals surface area contributed by atoms with Crippen LogP contribution in [0.4, 0.5) is 0 Å². The molecule has 0 spiro atoms. The zero-order chi connectivity index (χ0) is 22.8. The number of nitrogens with one attached hydrogen (secondary N) is 2. The Morgan fingerprint density at radius 1 is 1.19 bits per heavy atom. The van der Waals surface area contributed by atoms with E-state index in [9.17, 15) is 4.79 Å². The average Bonchev–Trinajstić information content (AvgIpc) is 3.27. The average molecular weight is 443 g/mol. The van der Waals surface area contributed by atoms with Gasteiger partial charge in [-0.3, -0.25) is 9.69 Å². The number of aliphatic imine (C=N–C) groups is 1. The number of carbonyl (C=O) groups excluding carboxylic acids is 1. The highest BCUT2D eigenvalue weighted by molar-refractivity contribution is 5.80. The van der Waals surface area contributed by atoms with Crippen molar-refractivity contribution in [3.8, 4) is 11.3 Å². The summed E-state index contributed by atoms with van der Waals surface area (Å²) in [5, 5.41) is 6.22. The van der Waals surface area contributed by atoms with Crippen LogP contribution in [0.3, 0.4) is 0 Å². The van der Waals surface area contributed by atoms with E-state index in [0.717, 1.165) is 50.0 Å². The van der Waals surface area contributed by atoms with Crippen molar-refractivity contribution >= 4 is 11.9 Å². The number of guanidine groups is 1. The molecule has 1 aromatic heterocycles. The van der Waals surface area contributed by atoms with Crippen LogP contribution in [0.15, 0.2) is 39.9 Å². The van der Waals surface area contributed by atoms with Crippen LogP contribution in [0.5, 0.6) is 0 Å². The van der Waals surface area contributed by atoms with Crippen LogP contribution in [-0.2, 0) is 16.1 Å². The predicted octanol–water partition coefficient (Wildman–Crippen LogP) is 1.50. The number of methoxy groups -OCH3 is 1. The number of aryl methyl sites for hydroxylation is 1. The summed E-state index contributed by atoms with van der Waals surface area (Å²) in [4.78, 5) is 25.5. The number of rotatable bonds is 9. The summed E-state index contributed by atoms with van der Waals surface area (Å²) in [5.74, 6) is 2.20. The van der Waals surface area contributed by atoms with Crippen LogP contribution in [0, 0.1) is 6.92 Å². The summed E-state index contributed by atoms with van der Waals surface area (Å²) >= 11 is 0. The van der Waals surface area contributed by atoms with Gasteiger partial charge >= 0.3 is 0 Å². The second-order valence-corrected chi connectivity index (χ2v) is 7.76. The molecular formula is C23H34N6O3. The van der Waals surface area contributed by atoms with Gasteiger partial charge in [0.05, 0.1) is 19.3 Å². The normalized spacial score (nSPS) is 15.1. The summed E-state index contributed by atoms with van der Waals surface area (Å²) < 4.78 is 10.9. The minimum Gasteiger partial charge on any atom is -0.439 e. The Labute approximate surface area is 189 Å². The van der Waals surface area contributed by atoms with E-state index in [1.54, 1.807) is 13.3 Å². The van der Waals surface area contributed by atoms with Gasteiger partial charge in [0.1, 0.15) is 6.54 Å². The predicted molar refractivity (Wildman–Crippen MR) is 124 cm³/mol. The summed E-state index contributed by atoms with van der Waals surface area (Å²) in [6, 6.07) is 8.18. The Kier molecular flexibility index (Phi) is 9.06. The number of hydrogen-bond acceptors (Lipinski definition) is 6. The van der Waals surface area contributed by atoms with Gasteiger partial charge in [0.25, 0.3) is 0 Å². The van der Waals surface area contributed by atoms with Crippen LogP contribution >= 0.6 is 0 Å². The van der Waals surface area contributed by atoms with Crippen molar-refractivity contribution in [2.24, 2.45) is 4.99 Å². The van der Waals surface area contributed by atoms with Gasteiger partial charge in [-0.2, -0.15) is 0 Å². The quantitative estimate of drug-likeness (QED) is 0.345. The molecule has 1 saturated heterocycles. The molecule has 32 heavy (non-hydrogen) atoms. The van der Waals surface area contributed by atoms with Crippen LogP contribution in [0.25, 0.3) is 11.3 Å². The maximum Gasteiger partial charge on any atom is 0.234 e. The first-order valence-electron chi connectivity index (χ1n) is 11.1. The number of hydrogen-bond donors (Lipinski definition) is 2. The van der Waals surface area contributed by atoms with Gasteiger partial charge in [-0.15, -0.1) is 0 Å². The number of benzene rings is 1. The van der Waals surface area contributed by atoms with Crippen LogP contribution in [0.1, 0.15) is 18.4 Å². The molecule has 0 radical (unpaired) electrons. The Morgan fingerprint density at radius 2 is 1.94 bits per heavy atom. The smallest absolute Gasteiger partial charge is 0.234 e. The van der Waals surface area contributed by atoms with Crippen molar-refractivity contribution in [2.45, 2.75) is 20.4 Å².